The zero-order valence-electron chi connectivity index (χ0n) is 19.4. The van der Waals surface area contributed by atoms with E-state index in [1.807, 2.05) is 11.5 Å². The zero-order valence-corrected chi connectivity index (χ0v) is 20.2. The summed E-state index contributed by atoms with van der Waals surface area (Å²) in [5.41, 5.74) is 1.28. The van der Waals surface area contributed by atoms with Crippen molar-refractivity contribution < 1.29 is 27.2 Å². The van der Waals surface area contributed by atoms with Crippen molar-refractivity contribution in [2.24, 2.45) is 0 Å². The van der Waals surface area contributed by atoms with Crippen LogP contribution in [0.15, 0.2) is 45.9 Å². The molecule has 0 radical (unpaired) electrons. The summed E-state index contributed by atoms with van der Waals surface area (Å²) >= 11 is 0. The first-order valence-corrected chi connectivity index (χ1v) is 12.6. The van der Waals surface area contributed by atoms with E-state index in [0.29, 0.717) is 37.3 Å². The molecule has 0 bridgehead atoms. The van der Waals surface area contributed by atoms with Crippen LogP contribution < -0.4 is 0 Å². The maximum absolute atomic E-state index is 12.9. The first kappa shape index (κ1) is 24.0. The molecule has 1 aliphatic rings. The van der Waals surface area contributed by atoms with Crippen LogP contribution in [0, 0.1) is 0 Å². The molecule has 1 amide bonds. The number of amides is 1. The van der Waals surface area contributed by atoms with Crippen LogP contribution >= 0.6 is 0 Å². The van der Waals surface area contributed by atoms with Gasteiger partial charge in [-0.05, 0) is 49.6 Å². The number of hydrogen-bond donors (Lipinski definition) is 0. The largest absolute Gasteiger partial charge is 0.459 e. The number of imidazole rings is 1. The van der Waals surface area contributed by atoms with Gasteiger partial charge >= 0.3 is 5.97 Å². The van der Waals surface area contributed by atoms with Crippen LogP contribution in [-0.2, 0) is 32.7 Å². The number of fused-ring (bicyclic) bond motifs is 1. The summed E-state index contributed by atoms with van der Waals surface area (Å²) in [5, 5.41) is 0. The van der Waals surface area contributed by atoms with Crippen molar-refractivity contribution in [1.29, 1.82) is 0 Å². The first-order valence-electron chi connectivity index (χ1n) is 11.2. The van der Waals surface area contributed by atoms with E-state index in [1.54, 1.807) is 24.3 Å². The lowest BCUT2D eigenvalue weighted by atomic mass is 10.2. The maximum atomic E-state index is 12.9. The Morgan fingerprint density at radius 2 is 2.06 bits per heavy atom. The molecule has 34 heavy (non-hydrogen) atoms. The molecule has 1 aromatic carbocycles. The van der Waals surface area contributed by atoms with Gasteiger partial charge in [-0.1, -0.05) is 6.92 Å². The average Bonchev–Trinajstić information content (AvgIpc) is 3.57. The number of likely N-dealkylation sites (tertiary alicyclic amines) is 1. The van der Waals surface area contributed by atoms with Crippen LogP contribution in [0.2, 0.25) is 0 Å². The first-order chi connectivity index (χ1) is 16.2. The summed E-state index contributed by atoms with van der Waals surface area (Å²) in [6, 6.07) is 7.32. The van der Waals surface area contributed by atoms with E-state index < -0.39 is 22.0 Å². The number of sulfonamides is 1. The molecule has 3 heterocycles. The second-order valence-corrected chi connectivity index (χ2v) is 10.5. The van der Waals surface area contributed by atoms with E-state index in [-0.39, 0.29) is 23.2 Å². The van der Waals surface area contributed by atoms with Gasteiger partial charge in [0.25, 0.3) is 5.91 Å². The van der Waals surface area contributed by atoms with E-state index >= 15 is 0 Å². The van der Waals surface area contributed by atoms with Crippen molar-refractivity contribution in [3.8, 4) is 0 Å². The van der Waals surface area contributed by atoms with Crippen LogP contribution in [0.3, 0.4) is 0 Å². The molecule has 10 nitrogen and oxygen atoms in total. The molecule has 1 atom stereocenters. The fraction of sp³-hybridized carbons (Fsp3) is 0.435. The molecule has 0 spiro atoms. The molecule has 3 aromatic rings. The lowest BCUT2D eigenvalue weighted by molar-refractivity contribution is -0.149. The molecule has 11 heteroatoms. The third-order valence-corrected chi connectivity index (χ3v) is 7.70. The third-order valence-electron chi connectivity index (χ3n) is 5.89. The van der Waals surface area contributed by atoms with Crippen molar-refractivity contribution in [2.45, 2.75) is 50.3 Å². The van der Waals surface area contributed by atoms with Crippen molar-refractivity contribution in [3.63, 3.8) is 0 Å². The van der Waals surface area contributed by atoms with Crippen LogP contribution in [0.25, 0.3) is 11.0 Å². The van der Waals surface area contributed by atoms with Gasteiger partial charge in [0.1, 0.15) is 18.5 Å². The van der Waals surface area contributed by atoms with E-state index in [2.05, 4.69) is 4.98 Å². The Bertz CT molecular complexity index is 1300. The number of hydrogen-bond acceptors (Lipinski definition) is 7. The van der Waals surface area contributed by atoms with Gasteiger partial charge in [0.2, 0.25) is 10.0 Å². The van der Waals surface area contributed by atoms with Crippen molar-refractivity contribution in [1.82, 2.24) is 18.8 Å². The minimum absolute atomic E-state index is 0.0808. The summed E-state index contributed by atoms with van der Waals surface area (Å²) in [7, 11) is -0.650. The normalized spacial score (nSPS) is 16.5. The topological polar surface area (TPSA) is 115 Å². The molecule has 2 aromatic heterocycles. The predicted molar refractivity (Wildman–Crippen MR) is 123 cm³/mol. The smallest absolute Gasteiger partial charge is 0.329 e. The van der Waals surface area contributed by atoms with Gasteiger partial charge in [-0.25, -0.2) is 22.5 Å². The van der Waals surface area contributed by atoms with Crippen LogP contribution in [0.5, 0.6) is 0 Å². The Kier molecular flexibility index (Phi) is 6.76. The monoisotopic (exact) mass is 488 g/mol. The van der Waals surface area contributed by atoms with E-state index in [1.165, 1.54) is 31.3 Å². The summed E-state index contributed by atoms with van der Waals surface area (Å²) < 4.78 is 38.9. The average molecular weight is 489 g/mol. The molecular weight excluding hydrogens is 460 g/mol. The highest BCUT2D eigenvalue weighted by molar-refractivity contribution is 7.89. The van der Waals surface area contributed by atoms with Gasteiger partial charge in [-0.15, -0.1) is 0 Å². The van der Waals surface area contributed by atoms with Crippen LogP contribution in [0.1, 0.15) is 42.6 Å². The number of esters is 1. The number of benzene rings is 1. The molecular formula is C23H28N4O6S. The van der Waals surface area contributed by atoms with Gasteiger partial charge < -0.3 is 18.6 Å². The quantitative estimate of drug-likeness (QED) is 0.448. The van der Waals surface area contributed by atoms with E-state index in [4.69, 9.17) is 9.15 Å². The van der Waals surface area contributed by atoms with Gasteiger partial charge in [0.15, 0.2) is 5.76 Å². The molecule has 1 unspecified atom stereocenters. The third kappa shape index (κ3) is 4.45. The number of ether oxygens (including phenoxy) is 1. The van der Waals surface area contributed by atoms with Gasteiger partial charge in [0, 0.05) is 27.2 Å². The molecule has 0 aliphatic carbocycles. The molecule has 1 aliphatic heterocycles. The highest BCUT2D eigenvalue weighted by Crippen LogP contribution is 2.25. The predicted octanol–water partition coefficient (Wildman–Crippen LogP) is 2.64. The number of furan rings is 1. The lowest BCUT2D eigenvalue weighted by Crippen LogP contribution is -2.41. The standard InChI is InChI=1S/C23H28N4O6S/c1-4-11-26-18-10-9-16(34(30,31)25(2)3)14-17(18)24-21(26)15-33-23(29)19-7-5-12-27(19)22(28)20-8-6-13-32-20/h6,8-10,13-14,19H,4-5,7,11-12,15H2,1-3H3. The number of carbonyl (C=O) groups is 2. The van der Waals surface area contributed by atoms with E-state index in [9.17, 15) is 18.0 Å². The molecule has 0 N–H and O–H groups in total. The molecule has 1 fully saturated rings. The van der Waals surface area contributed by atoms with Crippen LogP contribution in [0.4, 0.5) is 0 Å². The van der Waals surface area contributed by atoms with Crippen LogP contribution in [-0.4, -0.2) is 65.7 Å². The van der Waals surface area contributed by atoms with Crippen molar-refractivity contribution in [2.75, 3.05) is 20.6 Å². The second-order valence-electron chi connectivity index (χ2n) is 8.36. The molecule has 182 valence electrons. The summed E-state index contributed by atoms with van der Waals surface area (Å²) in [5.74, 6) is -0.125. The molecule has 1 saturated heterocycles. The van der Waals surface area contributed by atoms with Gasteiger partial charge in [0.05, 0.1) is 22.2 Å². The van der Waals surface area contributed by atoms with Crippen molar-refractivity contribution >= 4 is 32.9 Å². The molecule has 0 saturated carbocycles. The summed E-state index contributed by atoms with van der Waals surface area (Å²) in [6.45, 7) is 3.03. The number of aromatic nitrogens is 2. The minimum Gasteiger partial charge on any atom is -0.459 e. The Labute approximate surface area is 198 Å². The molecule has 4 rings (SSSR count). The number of aryl methyl sites for hydroxylation is 1. The second kappa shape index (κ2) is 9.59. The number of carbonyl (C=O) groups excluding carboxylic acids is 2. The van der Waals surface area contributed by atoms with Crippen molar-refractivity contribution in [3.05, 3.63) is 48.2 Å². The highest BCUT2D eigenvalue weighted by atomic mass is 32.2. The maximum Gasteiger partial charge on any atom is 0.329 e. The van der Waals surface area contributed by atoms with E-state index in [0.717, 1.165) is 16.2 Å². The summed E-state index contributed by atoms with van der Waals surface area (Å²) in [4.78, 5) is 31.7. The Morgan fingerprint density at radius 3 is 2.74 bits per heavy atom. The Morgan fingerprint density at radius 1 is 1.26 bits per heavy atom. The summed E-state index contributed by atoms with van der Waals surface area (Å²) in [6.07, 6.45) is 3.45. The van der Waals surface area contributed by atoms with Gasteiger partial charge in [-0.3, -0.25) is 4.79 Å². The Balaban J connectivity index is 1.54. The number of nitrogens with zero attached hydrogens (tertiary/aromatic N) is 4. The number of rotatable bonds is 8. The SMILES string of the molecule is CCCn1c(COC(=O)C2CCCN2C(=O)c2ccco2)nc2cc(S(=O)(=O)N(C)C)ccc21. The zero-order chi connectivity index (χ0) is 24.5. The lowest BCUT2D eigenvalue weighted by Gasteiger charge is -2.22. The fourth-order valence-corrected chi connectivity index (χ4v) is 5.06. The Hall–Kier alpha value is -3.18. The minimum atomic E-state index is -3.60. The van der Waals surface area contributed by atoms with Gasteiger partial charge in [-0.2, -0.15) is 0 Å². The fourth-order valence-electron chi connectivity index (χ4n) is 4.14. The highest BCUT2D eigenvalue weighted by Gasteiger charge is 2.36.